The molecule has 0 amide bonds. The van der Waals surface area contributed by atoms with Gasteiger partial charge in [-0.25, -0.2) is 9.97 Å². The highest BCUT2D eigenvalue weighted by Crippen LogP contribution is 2.26. The second-order valence-electron chi connectivity index (χ2n) is 7.70. The molecule has 1 fully saturated rings. The fourth-order valence-electron chi connectivity index (χ4n) is 3.52. The van der Waals surface area contributed by atoms with E-state index in [2.05, 4.69) is 41.0 Å². The van der Waals surface area contributed by atoms with E-state index < -0.39 is 0 Å². The minimum Gasteiger partial charge on any atom is -0.384 e. The number of Topliss-reactive ketones (excluding diaryl/α,β-unsaturated/α-hetero) is 1. The van der Waals surface area contributed by atoms with Crippen LogP contribution in [0.3, 0.4) is 0 Å². The summed E-state index contributed by atoms with van der Waals surface area (Å²) in [5.74, 6) is 0.795. The van der Waals surface area contributed by atoms with Crippen LogP contribution in [0, 0.1) is 0 Å². The first-order chi connectivity index (χ1) is 12.3. The first-order valence-corrected chi connectivity index (χ1v) is 8.95. The van der Waals surface area contributed by atoms with Crippen LogP contribution in [0.1, 0.15) is 39.2 Å². The quantitative estimate of drug-likeness (QED) is 0.860. The summed E-state index contributed by atoms with van der Waals surface area (Å²) in [5.41, 5.74) is 3.94. The highest BCUT2D eigenvalue weighted by molar-refractivity contribution is 5.78. The van der Waals surface area contributed by atoms with Gasteiger partial charge in [-0.2, -0.15) is 0 Å². The molecule has 3 rings (SSSR count). The molecule has 136 valence electrons. The summed E-state index contributed by atoms with van der Waals surface area (Å²) in [5, 5.41) is 6.87. The van der Waals surface area contributed by atoms with Gasteiger partial charge in [0.15, 0.2) is 0 Å². The number of nitrogens with one attached hydrogen (secondary N) is 2. The van der Waals surface area contributed by atoms with Crippen molar-refractivity contribution >= 4 is 11.7 Å². The molecule has 0 saturated carbocycles. The van der Waals surface area contributed by atoms with E-state index in [1.807, 2.05) is 30.3 Å². The third-order valence-corrected chi connectivity index (χ3v) is 4.46. The predicted octanol–water partition coefficient (Wildman–Crippen LogP) is 3.73. The maximum atomic E-state index is 11.2. The summed E-state index contributed by atoms with van der Waals surface area (Å²) in [6.45, 7) is 10.0. The van der Waals surface area contributed by atoms with E-state index in [0.29, 0.717) is 12.4 Å². The van der Waals surface area contributed by atoms with E-state index in [-0.39, 0.29) is 17.4 Å². The zero-order chi connectivity index (χ0) is 18.7. The number of carbonyl (C=O) groups excluding carboxylic acids is 1. The number of rotatable bonds is 5. The lowest BCUT2D eigenvalue weighted by atomic mass is 9.88. The smallest absolute Gasteiger partial charge is 0.223 e. The zero-order valence-electron chi connectivity index (χ0n) is 15.7. The Morgan fingerprint density at radius 3 is 2.69 bits per heavy atom. The normalized spacial score (nSPS) is 18.9. The van der Waals surface area contributed by atoms with Crippen LogP contribution in [-0.4, -0.2) is 27.3 Å². The Balaban J connectivity index is 1.74. The lowest BCUT2D eigenvalue weighted by Crippen LogP contribution is -2.48. The molecule has 1 aliphatic rings. The molecule has 0 radical (unpaired) electrons. The number of nitrogens with zero attached hydrogens (tertiary/aromatic N) is 2. The molecule has 2 N–H and O–H groups in total. The van der Waals surface area contributed by atoms with E-state index in [1.54, 1.807) is 13.1 Å². The van der Waals surface area contributed by atoms with Crippen LogP contribution < -0.4 is 10.6 Å². The van der Waals surface area contributed by atoms with Crippen molar-refractivity contribution in [2.45, 2.75) is 51.6 Å². The highest BCUT2D eigenvalue weighted by atomic mass is 16.1. The summed E-state index contributed by atoms with van der Waals surface area (Å²) in [6, 6.07) is 10.1. The fraction of sp³-hybridized carbons (Fsp3) is 0.381. The van der Waals surface area contributed by atoms with Gasteiger partial charge in [0.05, 0.1) is 5.69 Å². The average molecular weight is 350 g/mol. The molecular formula is C21H26N4O. The highest BCUT2D eigenvalue weighted by Gasteiger charge is 2.29. The maximum Gasteiger partial charge on any atom is 0.223 e. The zero-order valence-corrected chi connectivity index (χ0v) is 15.7. The van der Waals surface area contributed by atoms with Crippen LogP contribution in [0.5, 0.6) is 0 Å². The van der Waals surface area contributed by atoms with Gasteiger partial charge >= 0.3 is 0 Å². The first-order valence-electron chi connectivity index (χ1n) is 8.95. The Morgan fingerprint density at radius 2 is 2.04 bits per heavy atom. The number of benzene rings is 1. The van der Waals surface area contributed by atoms with Crippen LogP contribution in [0.25, 0.3) is 11.3 Å². The molecule has 2 aromatic rings. The number of ketones is 1. The summed E-state index contributed by atoms with van der Waals surface area (Å²) >= 11 is 0. The van der Waals surface area contributed by atoms with Crippen molar-refractivity contribution in [2.24, 2.45) is 0 Å². The van der Waals surface area contributed by atoms with Crippen molar-refractivity contribution < 1.29 is 4.79 Å². The summed E-state index contributed by atoms with van der Waals surface area (Å²) in [7, 11) is 0. The van der Waals surface area contributed by atoms with Crippen molar-refractivity contribution in [1.82, 2.24) is 15.3 Å². The van der Waals surface area contributed by atoms with Gasteiger partial charge in [-0.1, -0.05) is 30.8 Å². The number of piperidine rings is 1. The largest absolute Gasteiger partial charge is 0.384 e. The van der Waals surface area contributed by atoms with Crippen LogP contribution in [0.15, 0.2) is 48.8 Å². The molecule has 0 spiro atoms. The Labute approximate surface area is 155 Å². The van der Waals surface area contributed by atoms with Gasteiger partial charge in [0.1, 0.15) is 5.78 Å². The van der Waals surface area contributed by atoms with Gasteiger partial charge < -0.3 is 10.6 Å². The van der Waals surface area contributed by atoms with E-state index in [0.717, 1.165) is 35.4 Å². The topological polar surface area (TPSA) is 66.9 Å². The Kier molecular flexibility index (Phi) is 5.07. The van der Waals surface area contributed by atoms with Gasteiger partial charge in [0.25, 0.3) is 0 Å². The predicted molar refractivity (Wildman–Crippen MR) is 105 cm³/mol. The molecule has 1 saturated heterocycles. The average Bonchev–Trinajstić information content (AvgIpc) is 2.53. The van der Waals surface area contributed by atoms with E-state index >= 15 is 0 Å². The number of anilines is 1. The van der Waals surface area contributed by atoms with E-state index in [1.165, 1.54) is 0 Å². The van der Waals surface area contributed by atoms with Crippen molar-refractivity contribution in [3.05, 3.63) is 54.4 Å². The standard InChI is InChI=1S/C21H26N4O/c1-14-11-18(13-21(3,4)25-14)23-20-22-10-9-19(24-20)17-7-5-16(6-8-17)12-15(2)26/h5-10,18,25H,1,11-13H2,2-4H3,(H,22,23,24). The first kappa shape index (κ1) is 18.1. The monoisotopic (exact) mass is 350 g/mol. The molecule has 0 bridgehead atoms. The maximum absolute atomic E-state index is 11.2. The lowest BCUT2D eigenvalue weighted by molar-refractivity contribution is -0.116. The molecule has 1 atom stereocenters. The number of carbonyl (C=O) groups is 1. The van der Waals surface area contributed by atoms with Crippen molar-refractivity contribution in [1.29, 1.82) is 0 Å². The minimum absolute atomic E-state index is 0.0111. The van der Waals surface area contributed by atoms with Gasteiger partial charge in [-0.05, 0) is 38.8 Å². The number of aromatic nitrogens is 2. The van der Waals surface area contributed by atoms with Crippen molar-refractivity contribution in [2.75, 3.05) is 5.32 Å². The molecule has 5 heteroatoms. The second-order valence-corrected chi connectivity index (χ2v) is 7.70. The number of hydrogen-bond acceptors (Lipinski definition) is 5. The molecule has 1 unspecified atom stereocenters. The lowest BCUT2D eigenvalue weighted by Gasteiger charge is -2.38. The summed E-state index contributed by atoms with van der Waals surface area (Å²) < 4.78 is 0. The Hall–Kier alpha value is -2.69. The molecule has 1 aromatic heterocycles. The van der Waals surface area contributed by atoms with Gasteiger partial charge in [0.2, 0.25) is 5.95 Å². The molecule has 1 aromatic carbocycles. The Morgan fingerprint density at radius 1 is 1.31 bits per heavy atom. The molecule has 26 heavy (non-hydrogen) atoms. The summed E-state index contributed by atoms with van der Waals surface area (Å²) in [6.07, 6.45) is 4.07. The third-order valence-electron chi connectivity index (χ3n) is 4.46. The van der Waals surface area contributed by atoms with Gasteiger partial charge in [0, 0.05) is 41.9 Å². The van der Waals surface area contributed by atoms with E-state index in [9.17, 15) is 4.79 Å². The van der Waals surface area contributed by atoms with E-state index in [4.69, 9.17) is 0 Å². The van der Waals surface area contributed by atoms with Crippen molar-refractivity contribution in [3.8, 4) is 11.3 Å². The third kappa shape index (κ3) is 4.69. The van der Waals surface area contributed by atoms with Crippen molar-refractivity contribution in [3.63, 3.8) is 0 Å². The van der Waals surface area contributed by atoms with Crippen LogP contribution >= 0.6 is 0 Å². The molecular weight excluding hydrogens is 324 g/mol. The van der Waals surface area contributed by atoms with Crippen LogP contribution in [-0.2, 0) is 11.2 Å². The summed E-state index contributed by atoms with van der Waals surface area (Å²) in [4.78, 5) is 20.3. The fourth-order valence-corrected chi connectivity index (χ4v) is 3.52. The minimum atomic E-state index is 0.0111. The number of hydrogen-bond donors (Lipinski definition) is 2. The Bertz CT molecular complexity index is 811. The van der Waals surface area contributed by atoms with Crippen LogP contribution in [0.4, 0.5) is 5.95 Å². The second kappa shape index (κ2) is 7.28. The molecule has 2 heterocycles. The molecule has 1 aliphatic heterocycles. The molecule has 0 aliphatic carbocycles. The van der Waals surface area contributed by atoms with Gasteiger partial charge in [-0.3, -0.25) is 4.79 Å². The molecule has 5 nitrogen and oxygen atoms in total. The van der Waals surface area contributed by atoms with Gasteiger partial charge in [-0.15, -0.1) is 0 Å². The SMILES string of the molecule is C=C1CC(Nc2nccc(-c3ccc(CC(C)=O)cc3)n2)CC(C)(C)N1. The van der Waals surface area contributed by atoms with Crippen LogP contribution in [0.2, 0.25) is 0 Å².